The Labute approximate surface area is 111 Å². The van der Waals surface area contributed by atoms with Gasteiger partial charge in [-0.1, -0.05) is 0 Å². The lowest BCUT2D eigenvalue weighted by molar-refractivity contribution is 0.0778. The Morgan fingerprint density at radius 1 is 1.32 bits per heavy atom. The highest BCUT2D eigenvalue weighted by atomic mass is 32.2. The van der Waals surface area contributed by atoms with Gasteiger partial charge in [-0.05, 0) is 38.5 Å². The van der Waals surface area contributed by atoms with Crippen molar-refractivity contribution in [1.82, 2.24) is 4.72 Å². The average molecular weight is 293 g/mol. The first-order valence-corrected chi connectivity index (χ1v) is 7.37. The van der Waals surface area contributed by atoms with Gasteiger partial charge >= 0.3 is 0 Å². The van der Waals surface area contributed by atoms with Gasteiger partial charge in [0.1, 0.15) is 16.5 Å². The topological polar surface area (TPSA) is 55.4 Å². The third kappa shape index (κ3) is 5.22. The summed E-state index contributed by atoms with van der Waals surface area (Å²) in [7, 11) is -4.03. The van der Waals surface area contributed by atoms with Crippen LogP contribution in [0.2, 0.25) is 0 Å². The van der Waals surface area contributed by atoms with Crippen molar-refractivity contribution in [1.29, 1.82) is 0 Å². The maximum Gasteiger partial charge on any atom is 0.243 e. The molecule has 0 atom stereocenters. The summed E-state index contributed by atoms with van der Waals surface area (Å²) in [6.07, 6.45) is 0.520. The molecule has 4 nitrogen and oxygen atoms in total. The Kier molecular flexibility index (Phi) is 5.84. The Morgan fingerprint density at radius 2 is 2.00 bits per heavy atom. The van der Waals surface area contributed by atoms with E-state index in [2.05, 4.69) is 4.72 Å². The standard InChI is InChI=1S/C12H17F2NO3S/c1-9(2)18-7-3-6-15-19(16,17)12-8-10(13)4-5-11(12)14/h4-5,8-9,15H,3,6-7H2,1-2H3. The van der Waals surface area contributed by atoms with E-state index in [0.29, 0.717) is 19.1 Å². The van der Waals surface area contributed by atoms with Gasteiger partial charge in [-0.25, -0.2) is 21.9 Å². The number of halogens is 2. The van der Waals surface area contributed by atoms with Gasteiger partial charge in [0.15, 0.2) is 0 Å². The lowest BCUT2D eigenvalue weighted by Crippen LogP contribution is -2.26. The number of hydrogen-bond acceptors (Lipinski definition) is 3. The molecule has 0 radical (unpaired) electrons. The minimum Gasteiger partial charge on any atom is -0.379 e. The van der Waals surface area contributed by atoms with Crippen LogP contribution in [0.5, 0.6) is 0 Å². The molecule has 0 saturated carbocycles. The van der Waals surface area contributed by atoms with Gasteiger partial charge in [-0.3, -0.25) is 0 Å². The van der Waals surface area contributed by atoms with Crippen molar-refractivity contribution in [2.24, 2.45) is 0 Å². The molecule has 1 rings (SSSR count). The first-order chi connectivity index (χ1) is 8.83. The molecule has 0 unspecified atom stereocenters. The van der Waals surface area contributed by atoms with Gasteiger partial charge in [-0.15, -0.1) is 0 Å². The van der Waals surface area contributed by atoms with E-state index in [1.165, 1.54) is 0 Å². The van der Waals surface area contributed by atoms with E-state index in [9.17, 15) is 17.2 Å². The van der Waals surface area contributed by atoms with Crippen LogP contribution >= 0.6 is 0 Å². The zero-order valence-corrected chi connectivity index (χ0v) is 11.6. The lowest BCUT2D eigenvalue weighted by atomic mass is 10.3. The number of rotatable bonds is 7. The van der Waals surface area contributed by atoms with Gasteiger partial charge in [0.25, 0.3) is 0 Å². The average Bonchev–Trinajstić information content (AvgIpc) is 2.31. The first kappa shape index (κ1) is 16.0. The monoisotopic (exact) mass is 293 g/mol. The third-order valence-corrected chi connectivity index (χ3v) is 3.72. The predicted molar refractivity (Wildman–Crippen MR) is 67.3 cm³/mol. The minimum absolute atomic E-state index is 0.0669. The van der Waals surface area contributed by atoms with Crippen molar-refractivity contribution >= 4 is 10.0 Å². The molecular weight excluding hydrogens is 276 g/mol. The number of sulfonamides is 1. The summed E-state index contributed by atoms with van der Waals surface area (Å²) in [5.74, 6) is -1.78. The highest BCUT2D eigenvalue weighted by Crippen LogP contribution is 2.15. The van der Waals surface area contributed by atoms with E-state index < -0.39 is 26.6 Å². The first-order valence-electron chi connectivity index (χ1n) is 5.89. The van der Waals surface area contributed by atoms with E-state index in [1.54, 1.807) is 0 Å². The maximum atomic E-state index is 13.3. The molecule has 0 aliphatic rings. The van der Waals surface area contributed by atoms with Crippen molar-refractivity contribution in [2.45, 2.75) is 31.3 Å². The molecule has 0 fully saturated rings. The predicted octanol–water partition coefficient (Wildman–Crippen LogP) is 2.06. The van der Waals surface area contributed by atoms with E-state index in [4.69, 9.17) is 4.74 Å². The molecule has 1 aromatic carbocycles. The van der Waals surface area contributed by atoms with Crippen molar-refractivity contribution in [3.63, 3.8) is 0 Å². The summed E-state index contributed by atoms with van der Waals surface area (Å²) in [6, 6.07) is 2.30. The third-order valence-electron chi connectivity index (χ3n) is 2.25. The van der Waals surface area contributed by atoms with E-state index in [0.717, 1.165) is 12.1 Å². The van der Waals surface area contributed by atoms with Gasteiger partial charge in [-0.2, -0.15) is 0 Å². The van der Waals surface area contributed by atoms with Crippen LogP contribution in [0, 0.1) is 11.6 Å². The Bertz CT molecular complexity index is 518. The van der Waals surface area contributed by atoms with Crippen LogP contribution in [-0.4, -0.2) is 27.7 Å². The van der Waals surface area contributed by atoms with Crippen LogP contribution in [-0.2, 0) is 14.8 Å². The molecule has 0 aromatic heterocycles. The van der Waals surface area contributed by atoms with E-state index in [1.807, 2.05) is 13.8 Å². The highest BCUT2D eigenvalue weighted by molar-refractivity contribution is 7.89. The lowest BCUT2D eigenvalue weighted by Gasteiger charge is -2.09. The van der Waals surface area contributed by atoms with Crippen LogP contribution < -0.4 is 4.72 Å². The molecule has 0 amide bonds. The summed E-state index contributed by atoms with van der Waals surface area (Å²) >= 11 is 0. The molecule has 0 heterocycles. The largest absolute Gasteiger partial charge is 0.379 e. The number of nitrogens with one attached hydrogen (secondary N) is 1. The fourth-order valence-corrected chi connectivity index (χ4v) is 2.52. The fourth-order valence-electron chi connectivity index (χ4n) is 1.36. The van der Waals surface area contributed by atoms with Gasteiger partial charge in [0, 0.05) is 13.2 Å². The maximum absolute atomic E-state index is 13.3. The summed E-state index contributed by atoms with van der Waals surface area (Å²) in [5, 5.41) is 0. The normalized spacial score (nSPS) is 12.1. The SMILES string of the molecule is CC(C)OCCCNS(=O)(=O)c1cc(F)ccc1F. The van der Waals surface area contributed by atoms with Gasteiger partial charge < -0.3 is 4.74 Å². The molecular formula is C12H17F2NO3S. The van der Waals surface area contributed by atoms with Crippen molar-refractivity contribution < 1.29 is 21.9 Å². The summed E-state index contributed by atoms with van der Waals surface area (Å²) in [6.45, 7) is 4.23. The second kappa shape index (κ2) is 6.93. The second-order valence-corrected chi connectivity index (χ2v) is 5.98. The molecule has 0 aliphatic heterocycles. The molecule has 1 N–H and O–H groups in total. The van der Waals surface area contributed by atoms with Crippen LogP contribution in [0.1, 0.15) is 20.3 Å². The Balaban J connectivity index is 2.59. The number of ether oxygens (including phenoxy) is 1. The van der Waals surface area contributed by atoms with Crippen molar-refractivity contribution in [3.05, 3.63) is 29.8 Å². The molecule has 19 heavy (non-hydrogen) atoms. The smallest absolute Gasteiger partial charge is 0.243 e. The Hall–Kier alpha value is -1.05. The fraction of sp³-hybridized carbons (Fsp3) is 0.500. The summed E-state index contributed by atoms with van der Waals surface area (Å²) in [4.78, 5) is -0.683. The Morgan fingerprint density at radius 3 is 2.63 bits per heavy atom. The number of benzene rings is 1. The van der Waals surface area contributed by atoms with Crippen molar-refractivity contribution in [2.75, 3.05) is 13.2 Å². The molecule has 108 valence electrons. The highest BCUT2D eigenvalue weighted by Gasteiger charge is 2.19. The van der Waals surface area contributed by atoms with Gasteiger partial charge in [0.05, 0.1) is 6.10 Å². The van der Waals surface area contributed by atoms with Crippen LogP contribution in [0.4, 0.5) is 8.78 Å². The zero-order valence-electron chi connectivity index (χ0n) is 10.8. The molecule has 0 aliphatic carbocycles. The number of hydrogen-bond donors (Lipinski definition) is 1. The molecule has 7 heteroatoms. The second-order valence-electron chi connectivity index (χ2n) is 4.25. The summed E-state index contributed by atoms with van der Waals surface area (Å²) in [5.41, 5.74) is 0. The summed E-state index contributed by atoms with van der Waals surface area (Å²) < 4.78 is 57.2. The van der Waals surface area contributed by atoms with Crippen LogP contribution in [0.15, 0.2) is 23.1 Å². The van der Waals surface area contributed by atoms with E-state index >= 15 is 0 Å². The quantitative estimate of drug-likeness (QED) is 0.783. The van der Waals surface area contributed by atoms with E-state index in [-0.39, 0.29) is 12.6 Å². The van der Waals surface area contributed by atoms with Crippen LogP contribution in [0.25, 0.3) is 0 Å². The molecule has 0 saturated heterocycles. The minimum atomic E-state index is -4.03. The molecule has 1 aromatic rings. The molecule has 0 spiro atoms. The van der Waals surface area contributed by atoms with Gasteiger partial charge in [0.2, 0.25) is 10.0 Å². The zero-order chi connectivity index (χ0) is 14.5. The molecule has 0 bridgehead atoms. The van der Waals surface area contributed by atoms with Crippen LogP contribution in [0.3, 0.4) is 0 Å². The van der Waals surface area contributed by atoms with Crippen molar-refractivity contribution in [3.8, 4) is 0 Å².